The Morgan fingerprint density at radius 2 is 2.26 bits per heavy atom. The summed E-state index contributed by atoms with van der Waals surface area (Å²) >= 11 is 4.56. The normalized spacial score (nSPS) is 21.1. The monoisotopic (exact) mass is 388 g/mol. The van der Waals surface area contributed by atoms with Crippen LogP contribution in [0.15, 0.2) is 20.1 Å². The Balaban J connectivity index is 0.00000180. The molecule has 2 N–H and O–H groups in total. The number of halogens is 2. The molecule has 1 saturated heterocycles. The van der Waals surface area contributed by atoms with Gasteiger partial charge in [0.2, 0.25) is 0 Å². The molecule has 2 heterocycles. The third kappa shape index (κ3) is 3.92. The second kappa shape index (κ2) is 7.38. The van der Waals surface area contributed by atoms with Gasteiger partial charge < -0.3 is 5.73 Å². The van der Waals surface area contributed by atoms with E-state index in [1.165, 1.54) is 11.3 Å². The van der Waals surface area contributed by atoms with Crippen molar-refractivity contribution in [2.24, 2.45) is 11.7 Å². The molecule has 0 radical (unpaired) electrons. The predicted molar refractivity (Wildman–Crippen MR) is 84.4 cm³/mol. The van der Waals surface area contributed by atoms with Gasteiger partial charge in [-0.3, -0.25) is 0 Å². The second-order valence-electron chi connectivity index (χ2n) is 4.50. The van der Waals surface area contributed by atoms with Crippen molar-refractivity contribution in [1.29, 1.82) is 0 Å². The first-order chi connectivity index (χ1) is 8.55. The Morgan fingerprint density at radius 1 is 1.53 bits per heavy atom. The minimum Gasteiger partial charge on any atom is -0.330 e. The van der Waals surface area contributed by atoms with E-state index < -0.39 is 10.0 Å². The number of hydrogen-bond acceptors (Lipinski definition) is 4. The maximum Gasteiger partial charge on any atom is 0.253 e. The molecule has 0 aliphatic carbocycles. The van der Waals surface area contributed by atoms with Gasteiger partial charge in [-0.2, -0.15) is 4.31 Å². The number of hydrogen-bond donors (Lipinski definition) is 1. The summed E-state index contributed by atoms with van der Waals surface area (Å²) in [5, 5.41) is 1.79. The zero-order chi connectivity index (χ0) is 13.2. The molecule has 8 heteroatoms. The van der Waals surface area contributed by atoms with Crippen LogP contribution in [0, 0.1) is 5.92 Å². The van der Waals surface area contributed by atoms with E-state index in [4.69, 9.17) is 5.73 Å². The third-order valence-electron chi connectivity index (χ3n) is 3.22. The van der Waals surface area contributed by atoms with E-state index in [1.54, 1.807) is 15.8 Å². The second-order valence-corrected chi connectivity index (χ2v) is 8.41. The lowest BCUT2D eigenvalue weighted by atomic mass is 9.96. The molecule has 1 aromatic rings. The van der Waals surface area contributed by atoms with Crippen molar-refractivity contribution in [2.45, 2.75) is 23.5 Å². The van der Waals surface area contributed by atoms with Gasteiger partial charge in [-0.05, 0) is 59.1 Å². The molecule has 1 fully saturated rings. The van der Waals surface area contributed by atoms with Crippen molar-refractivity contribution in [3.8, 4) is 0 Å². The molecule has 19 heavy (non-hydrogen) atoms. The van der Waals surface area contributed by atoms with E-state index in [-0.39, 0.29) is 12.4 Å². The van der Waals surface area contributed by atoms with Crippen molar-refractivity contribution in [2.75, 3.05) is 19.6 Å². The highest BCUT2D eigenvalue weighted by molar-refractivity contribution is 9.10. The van der Waals surface area contributed by atoms with Crippen LogP contribution in [0.2, 0.25) is 0 Å². The average Bonchev–Trinajstić information content (AvgIpc) is 2.77. The Morgan fingerprint density at radius 3 is 2.84 bits per heavy atom. The fourth-order valence-electron chi connectivity index (χ4n) is 2.30. The maximum atomic E-state index is 12.5. The van der Waals surface area contributed by atoms with E-state index >= 15 is 0 Å². The lowest BCUT2D eigenvalue weighted by Gasteiger charge is -2.31. The third-order valence-corrected chi connectivity index (χ3v) is 7.73. The van der Waals surface area contributed by atoms with Gasteiger partial charge >= 0.3 is 0 Å². The minimum atomic E-state index is -3.34. The van der Waals surface area contributed by atoms with Gasteiger partial charge in [-0.25, -0.2) is 8.42 Å². The Labute approximate surface area is 133 Å². The van der Waals surface area contributed by atoms with Gasteiger partial charge in [-0.15, -0.1) is 23.7 Å². The van der Waals surface area contributed by atoms with Gasteiger partial charge in [0.15, 0.2) is 0 Å². The van der Waals surface area contributed by atoms with E-state index in [1.807, 2.05) is 0 Å². The number of nitrogens with zero attached hydrogens (tertiary/aromatic N) is 1. The summed E-state index contributed by atoms with van der Waals surface area (Å²) in [6, 6.07) is 1.78. The van der Waals surface area contributed by atoms with Crippen molar-refractivity contribution in [3.63, 3.8) is 0 Å². The molecule has 4 nitrogen and oxygen atoms in total. The molecule has 0 saturated carbocycles. The first kappa shape index (κ1) is 17.4. The fraction of sp³-hybridized carbons (Fsp3) is 0.636. The summed E-state index contributed by atoms with van der Waals surface area (Å²) in [6.07, 6.45) is 2.90. The first-order valence-corrected chi connectivity index (χ1v) is 9.10. The van der Waals surface area contributed by atoms with Crippen molar-refractivity contribution in [1.82, 2.24) is 4.31 Å². The molecular formula is C11H18BrClN2O2S2. The molecule has 1 atom stereocenters. The van der Waals surface area contributed by atoms with Gasteiger partial charge in [-0.1, -0.05) is 0 Å². The van der Waals surface area contributed by atoms with Crippen LogP contribution in [0.1, 0.15) is 19.3 Å². The van der Waals surface area contributed by atoms with Crippen molar-refractivity contribution in [3.05, 3.63) is 15.9 Å². The number of thiophene rings is 1. The van der Waals surface area contributed by atoms with Crippen LogP contribution in [0.4, 0.5) is 0 Å². The van der Waals surface area contributed by atoms with Crippen LogP contribution in [-0.4, -0.2) is 32.4 Å². The van der Waals surface area contributed by atoms with Crippen molar-refractivity contribution < 1.29 is 8.42 Å². The molecule has 0 spiro atoms. The summed E-state index contributed by atoms with van der Waals surface area (Å²) in [7, 11) is -3.34. The lowest BCUT2D eigenvalue weighted by molar-refractivity contribution is 0.258. The van der Waals surface area contributed by atoms with Crippen LogP contribution >= 0.6 is 39.7 Å². The van der Waals surface area contributed by atoms with Crippen molar-refractivity contribution >= 4 is 49.7 Å². The summed E-state index contributed by atoms with van der Waals surface area (Å²) < 4.78 is 27.7. The molecule has 110 valence electrons. The molecule has 2 rings (SSSR count). The van der Waals surface area contributed by atoms with E-state index in [0.717, 1.165) is 19.3 Å². The molecule has 1 aromatic heterocycles. The lowest BCUT2D eigenvalue weighted by Crippen LogP contribution is -2.40. The molecule has 0 amide bonds. The average molecular weight is 390 g/mol. The Hall–Kier alpha value is 0.340. The molecule has 0 bridgehead atoms. The number of sulfonamides is 1. The summed E-state index contributed by atoms with van der Waals surface area (Å²) in [6.45, 7) is 1.85. The maximum absolute atomic E-state index is 12.5. The highest BCUT2D eigenvalue weighted by atomic mass is 79.9. The fourth-order valence-corrected chi connectivity index (χ4v) is 6.30. The summed E-state index contributed by atoms with van der Waals surface area (Å²) in [4.78, 5) is 0. The first-order valence-electron chi connectivity index (χ1n) is 5.99. The molecule has 1 aliphatic heterocycles. The molecule has 1 aliphatic rings. The zero-order valence-corrected chi connectivity index (χ0v) is 14.5. The topological polar surface area (TPSA) is 63.4 Å². The van der Waals surface area contributed by atoms with E-state index in [0.29, 0.717) is 34.2 Å². The van der Waals surface area contributed by atoms with Gasteiger partial charge in [0, 0.05) is 17.6 Å². The molecule has 0 aromatic carbocycles. The Kier molecular flexibility index (Phi) is 6.75. The van der Waals surface area contributed by atoms with E-state index in [9.17, 15) is 8.42 Å². The standard InChI is InChI=1S/C11H17BrN2O2S2.ClH/c12-10-4-7-17-11(10)18(15,16)14-6-1-2-9(8-14)3-5-13;/h4,7,9H,1-3,5-6,8,13H2;1H. The number of rotatable bonds is 4. The van der Waals surface area contributed by atoms with Gasteiger partial charge in [0.25, 0.3) is 10.0 Å². The summed E-state index contributed by atoms with van der Waals surface area (Å²) in [5.41, 5.74) is 5.56. The highest BCUT2D eigenvalue weighted by Gasteiger charge is 2.31. The minimum absolute atomic E-state index is 0. The van der Waals surface area contributed by atoms with Crippen LogP contribution in [0.25, 0.3) is 0 Å². The van der Waals surface area contributed by atoms with Gasteiger partial charge in [0.05, 0.1) is 0 Å². The van der Waals surface area contributed by atoms with Crippen LogP contribution in [0.5, 0.6) is 0 Å². The molecule has 1 unspecified atom stereocenters. The summed E-state index contributed by atoms with van der Waals surface area (Å²) in [5.74, 6) is 0.400. The van der Waals surface area contributed by atoms with Gasteiger partial charge in [0.1, 0.15) is 4.21 Å². The largest absolute Gasteiger partial charge is 0.330 e. The smallest absolute Gasteiger partial charge is 0.253 e. The van der Waals surface area contributed by atoms with Crippen LogP contribution in [-0.2, 0) is 10.0 Å². The quantitative estimate of drug-likeness (QED) is 0.861. The number of nitrogens with two attached hydrogens (primary N) is 1. The zero-order valence-electron chi connectivity index (χ0n) is 10.4. The highest BCUT2D eigenvalue weighted by Crippen LogP contribution is 2.32. The van der Waals surface area contributed by atoms with Crippen LogP contribution < -0.4 is 5.73 Å². The van der Waals surface area contributed by atoms with Crippen LogP contribution in [0.3, 0.4) is 0 Å². The number of piperidine rings is 1. The SMILES string of the molecule is Cl.NCCC1CCCN(S(=O)(=O)c2sccc2Br)C1. The van der Waals surface area contributed by atoms with E-state index in [2.05, 4.69) is 15.9 Å². The predicted octanol–water partition coefficient (Wildman–Crippen LogP) is 2.68. The molecular weight excluding hydrogens is 372 g/mol. The Bertz CT molecular complexity index is 505.